The highest BCUT2D eigenvalue weighted by Gasteiger charge is 2.12. The van der Waals surface area contributed by atoms with Crippen LogP contribution in [0.2, 0.25) is 0 Å². The van der Waals surface area contributed by atoms with Crippen LogP contribution in [0.15, 0.2) is 22.8 Å². The van der Waals surface area contributed by atoms with Gasteiger partial charge in [0.05, 0.1) is 6.20 Å². The van der Waals surface area contributed by atoms with Gasteiger partial charge < -0.3 is 0 Å². The smallest absolute Gasteiger partial charge is 0.149 e. The molecule has 0 radical (unpaired) electrons. The number of hydrogen-bond acceptors (Lipinski definition) is 1. The molecule has 2 nitrogen and oxygen atoms in total. The van der Waals surface area contributed by atoms with Gasteiger partial charge in [-0.2, -0.15) is 5.10 Å². The predicted molar refractivity (Wildman–Crippen MR) is 57.8 cm³/mol. The Bertz CT molecular complexity index is 476. The van der Waals surface area contributed by atoms with Gasteiger partial charge in [-0.25, -0.2) is 4.39 Å². The molecule has 0 unspecified atom stereocenters. The van der Waals surface area contributed by atoms with Gasteiger partial charge in [0.15, 0.2) is 0 Å². The number of hydrogen-bond donors (Lipinski definition) is 0. The topological polar surface area (TPSA) is 17.8 Å². The number of aromatic nitrogens is 2. The molecule has 0 saturated heterocycles. The van der Waals surface area contributed by atoms with Gasteiger partial charge in [-0.05, 0) is 26.0 Å². The fraction of sp³-hybridized carbons (Fsp3) is 0.300. The quantitative estimate of drug-likeness (QED) is 0.764. The maximum absolute atomic E-state index is 13.5. The molecule has 14 heavy (non-hydrogen) atoms. The first kappa shape index (κ1) is 9.65. The Kier molecular flexibility index (Phi) is 2.31. The third-order valence-corrected chi connectivity index (χ3v) is 2.84. The van der Waals surface area contributed by atoms with Crippen LogP contribution >= 0.6 is 15.9 Å². The lowest BCUT2D eigenvalue weighted by Gasteiger charge is -2.07. The molecule has 0 N–H and O–H groups in total. The third kappa shape index (κ3) is 1.34. The van der Waals surface area contributed by atoms with E-state index in [1.807, 2.05) is 13.8 Å². The van der Waals surface area contributed by atoms with Crippen LogP contribution in [-0.2, 0) is 0 Å². The molecule has 2 aromatic rings. The van der Waals surface area contributed by atoms with Crippen molar-refractivity contribution in [3.8, 4) is 0 Å². The molecule has 0 bridgehead atoms. The van der Waals surface area contributed by atoms with Crippen molar-refractivity contribution in [2.75, 3.05) is 0 Å². The summed E-state index contributed by atoms with van der Waals surface area (Å²) in [4.78, 5) is 0. The van der Waals surface area contributed by atoms with Crippen LogP contribution in [-0.4, -0.2) is 9.78 Å². The third-order valence-electron chi connectivity index (χ3n) is 2.14. The Morgan fingerprint density at radius 1 is 1.43 bits per heavy atom. The standard InChI is InChI=1S/C10H10BrFN2/c1-6(2)14-10-7(5-13-14)8(11)3-4-9(10)12/h3-6H,1-2H3. The molecule has 0 aliphatic rings. The number of nitrogens with zero attached hydrogens (tertiary/aromatic N) is 2. The summed E-state index contributed by atoms with van der Waals surface area (Å²) in [5.74, 6) is -0.227. The largest absolute Gasteiger partial charge is 0.259 e. The Balaban J connectivity index is 2.84. The zero-order chi connectivity index (χ0) is 10.3. The highest BCUT2D eigenvalue weighted by atomic mass is 79.9. The minimum absolute atomic E-state index is 0.163. The lowest BCUT2D eigenvalue weighted by atomic mass is 10.2. The van der Waals surface area contributed by atoms with E-state index in [0.717, 1.165) is 9.86 Å². The number of fused-ring (bicyclic) bond motifs is 1. The van der Waals surface area contributed by atoms with E-state index in [4.69, 9.17) is 0 Å². The molecule has 0 amide bonds. The van der Waals surface area contributed by atoms with E-state index in [1.54, 1.807) is 16.9 Å². The highest BCUT2D eigenvalue weighted by Crippen LogP contribution is 2.27. The first-order valence-electron chi connectivity index (χ1n) is 4.42. The Morgan fingerprint density at radius 3 is 2.79 bits per heavy atom. The van der Waals surface area contributed by atoms with E-state index in [1.165, 1.54) is 6.07 Å². The normalized spacial score (nSPS) is 11.5. The molecule has 0 atom stereocenters. The molecule has 0 aliphatic heterocycles. The van der Waals surface area contributed by atoms with Crippen molar-refractivity contribution in [2.24, 2.45) is 0 Å². The zero-order valence-electron chi connectivity index (χ0n) is 7.96. The van der Waals surface area contributed by atoms with Gasteiger partial charge in [-0.1, -0.05) is 15.9 Å². The van der Waals surface area contributed by atoms with Gasteiger partial charge in [-0.15, -0.1) is 0 Å². The second-order valence-electron chi connectivity index (χ2n) is 3.47. The lowest BCUT2D eigenvalue weighted by molar-refractivity contribution is 0.535. The van der Waals surface area contributed by atoms with Crippen molar-refractivity contribution in [1.82, 2.24) is 9.78 Å². The van der Waals surface area contributed by atoms with E-state index in [0.29, 0.717) is 5.52 Å². The van der Waals surface area contributed by atoms with Crippen molar-refractivity contribution in [3.05, 3.63) is 28.6 Å². The molecule has 0 spiro atoms. The van der Waals surface area contributed by atoms with Crippen molar-refractivity contribution in [2.45, 2.75) is 19.9 Å². The Hall–Kier alpha value is -0.900. The van der Waals surface area contributed by atoms with Crippen molar-refractivity contribution < 1.29 is 4.39 Å². The Morgan fingerprint density at radius 2 is 2.14 bits per heavy atom. The highest BCUT2D eigenvalue weighted by molar-refractivity contribution is 9.10. The molecule has 4 heteroatoms. The van der Waals surface area contributed by atoms with E-state index < -0.39 is 0 Å². The van der Waals surface area contributed by atoms with Crippen LogP contribution in [0.5, 0.6) is 0 Å². The predicted octanol–water partition coefficient (Wildman–Crippen LogP) is 3.52. The van der Waals surface area contributed by atoms with E-state index in [9.17, 15) is 4.39 Å². The SMILES string of the molecule is CC(C)n1ncc2c(Br)ccc(F)c21. The molecule has 0 aliphatic carbocycles. The molecule has 0 fully saturated rings. The molecule has 1 heterocycles. The maximum atomic E-state index is 13.5. The van der Waals surface area contributed by atoms with Gasteiger partial charge in [-0.3, -0.25) is 4.68 Å². The van der Waals surface area contributed by atoms with E-state index >= 15 is 0 Å². The Labute approximate surface area is 89.8 Å². The van der Waals surface area contributed by atoms with Gasteiger partial charge in [0.25, 0.3) is 0 Å². The van der Waals surface area contributed by atoms with Gasteiger partial charge in [0.2, 0.25) is 0 Å². The summed E-state index contributed by atoms with van der Waals surface area (Å²) in [7, 11) is 0. The van der Waals surface area contributed by atoms with E-state index in [-0.39, 0.29) is 11.9 Å². The molecule has 1 aromatic carbocycles. The van der Waals surface area contributed by atoms with Crippen LogP contribution in [0.1, 0.15) is 19.9 Å². The minimum atomic E-state index is -0.227. The lowest BCUT2D eigenvalue weighted by Crippen LogP contribution is -2.03. The summed E-state index contributed by atoms with van der Waals surface area (Å²) in [6.07, 6.45) is 1.68. The summed E-state index contributed by atoms with van der Waals surface area (Å²) < 4.78 is 16.1. The van der Waals surface area contributed by atoms with Crippen LogP contribution in [0.25, 0.3) is 10.9 Å². The zero-order valence-corrected chi connectivity index (χ0v) is 9.55. The molecule has 2 rings (SSSR count). The van der Waals surface area contributed by atoms with Crippen LogP contribution in [0.4, 0.5) is 4.39 Å². The number of benzene rings is 1. The second-order valence-corrected chi connectivity index (χ2v) is 4.33. The molecule has 74 valence electrons. The fourth-order valence-corrected chi connectivity index (χ4v) is 1.90. The first-order chi connectivity index (χ1) is 6.61. The number of rotatable bonds is 1. The second kappa shape index (κ2) is 3.35. The molecule has 0 saturated carbocycles. The van der Waals surface area contributed by atoms with Crippen molar-refractivity contribution in [1.29, 1.82) is 0 Å². The van der Waals surface area contributed by atoms with Crippen LogP contribution in [0.3, 0.4) is 0 Å². The summed E-state index contributed by atoms with van der Waals surface area (Å²) in [6.45, 7) is 3.96. The molecular formula is C10H10BrFN2. The van der Waals surface area contributed by atoms with E-state index in [2.05, 4.69) is 21.0 Å². The maximum Gasteiger partial charge on any atom is 0.149 e. The van der Waals surface area contributed by atoms with Gasteiger partial charge in [0.1, 0.15) is 11.3 Å². The van der Waals surface area contributed by atoms with Gasteiger partial charge in [0, 0.05) is 15.9 Å². The van der Waals surface area contributed by atoms with Crippen molar-refractivity contribution in [3.63, 3.8) is 0 Å². The summed E-state index contributed by atoms with van der Waals surface area (Å²) in [5.41, 5.74) is 0.564. The summed E-state index contributed by atoms with van der Waals surface area (Å²) in [6, 6.07) is 3.31. The van der Waals surface area contributed by atoms with Crippen molar-refractivity contribution >= 4 is 26.8 Å². The summed E-state index contributed by atoms with van der Waals surface area (Å²) in [5, 5.41) is 4.98. The average molecular weight is 257 g/mol. The van der Waals surface area contributed by atoms with Crippen LogP contribution in [0, 0.1) is 5.82 Å². The fourth-order valence-electron chi connectivity index (χ4n) is 1.48. The van der Waals surface area contributed by atoms with Crippen LogP contribution < -0.4 is 0 Å². The monoisotopic (exact) mass is 256 g/mol. The number of halogens is 2. The summed E-state index contributed by atoms with van der Waals surface area (Å²) >= 11 is 3.37. The van der Waals surface area contributed by atoms with Gasteiger partial charge >= 0.3 is 0 Å². The average Bonchev–Trinajstić information content (AvgIpc) is 2.56. The first-order valence-corrected chi connectivity index (χ1v) is 5.22. The minimum Gasteiger partial charge on any atom is -0.259 e. The molecule has 1 aromatic heterocycles. The molecular weight excluding hydrogens is 247 g/mol.